The molecule has 1 fully saturated rings. The van der Waals surface area contributed by atoms with Crippen LogP contribution in [0.1, 0.15) is 60.9 Å². The molecule has 9 nitrogen and oxygen atoms in total. The number of amides is 3. The van der Waals surface area contributed by atoms with Crippen LogP contribution >= 0.6 is 0 Å². The Morgan fingerprint density at radius 2 is 1.71 bits per heavy atom. The van der Waals surface area contributed by atoms with E-state index in [4.69, 9.17) is 5.10 Å². The predicted molar refractivity (Wildman–Crippen MR) is 178 cm³/mol. The summed E-state index contributed by atoms with van der Waals surface area (Å²) in [4.78, 5) is 36.9. The molecule has 9 heteroatoms. The van der Waals surface area contributed by atoms with Gasteiger partial charge in [0, 0.05) is 48.0 Å². The highest BCUT2D eigenvalue weighted by atomic mass is 16.2. The van der Waals surface area contributed by atoms with Gasteiger partial charge in [-0.15, -0.1) is 0 Å². The first-order valence-corrected chi connectivity index (χ1v) is 15.5. The van der Waals surface area contributed by atoms with E-state index in [9.17, 15) is 9.59 Å². The van der Waals surface area contributed by atoms with Crippen molar-refractivity contribution in [2.24, 2.45) is 5.92 Å². The monoisotopic (exact) mass is 601 g/mol. The molecule has 1 aliphatic rings. The van der Waals surface area contributed by atoms with Gasteiger partial charge in [-0.2, -0.15) is 5.10 Å². The van der Waals surface area contributed by atoms with Gasteiger partial charge < -0.3 is 10.2 Å². The zero-order valence-corrected chi connectivity index (χ0v) is 26.2. The molecular weight excluding hydrogens is 562 g/mol. The second kappa shape index (κ2) is 12.5. The van der Waals surface area contributed by atoms with Gasteiger partial charge in [0.1, 0.15) is 11.5 Å². The third-order valence-electron chi connectivity index (χ3n) is 8.32. The minimum atomic E-state index is -0.328. The summed E-state index contributed by atoms with van der Waals surface area (Å²) in [5, 5.41) is 11.7. The Morgan fingerprint density at radius 3 is 2.47 bits per heavy atom. The maximum absolute atomic E-state index is 13.2. The summed E-state index contributed by atoms with van der Waals surface area (Å²) in [6.07, 6.45) is 6.16. The number of likely N-dealkylation sites (tertiary alicyclic amines) is 1. The molecule has 230 valence electrons. The molecule has 3 aromatic heterocycles. The van der Waals surface area contributed by atoms with Crippen molar-refractivity contribution in [3.63, 3.8) is 0 Å². The molecule has 3 amide bonds. The number of hydrogen-bond acceptors (Lipinski definition) is 5. The van der Waals surface area contributed by atoms with E-state index in [-0.39, 0.29) is 17.4 Å². The first kappa shape index (κ1) is 30.0. The minimum Gasteiger partial charge on any atom is -0.337 e. The molecule has 0 spiro atoms. The lowest BCUT2D eigenvalue weighted by Crippen LogP contribution is -2.39. The quantitative estimate of drug-likeness (QED) is 0.215. The van der Waals surface area contributed by atoms with E-state index in [0.717, 1.165) is 58.4 Å². The third-order valence-corrected chi connectivity index (χ3v) is 8.32. The van der Waals surface area contributed by atoms with E-state index in [1.54, 1.807) is 23.1 Å². The zero-order chi connectivity index (χ0) is 31.6. The van der Waals surface area contributed by atoms with Gasteiger partial charge in [0.25, 0.3) is 5.91 Å². The summed E-state index contributed by atoms with van der Waals surface area (Å²) in [7, 11) is 0. The number of piperidine rings is 1. The molecule has 0 radical (unpaired) electrons. The van der Waals surface area contributed by atoms with Crippen molar-refractivity contribution < 1.29 is 9.59 Å². The lowest BCUT2D eigenvalue weighted by Gasteiger charge is -2.32. The number of aromatic nitrogens is 4. The number of urea groups is 1. The second-order valence-corrected chi connectivity index (χ2v) is 12.9. The number of hydrogen-bond donors (Lipinski definition) is 2. The number of aryl methyl sites for hydroxylation is 1. The van der Waals surface area contributed by atoms with Gasteiger partial charge in [0.15, 0.2) is 0 Å². The summed E-state index contributed by atoms with van der Waals surface area (Å²) >= 11 is 0. The summed E-state index contributed by atoms with van der Waals surface area (Å²) in [5.74, 6) is 1.03. The van der Waals surface area contributed by atoms with Crippen molar-refractivity contribution >= 4 is 34.3 Å². The average molecular weight is 602 g/mol. The number of carbonyl (C=O) groups is 2. The Kier molecular flexibility index (Phi) is 8.34. The summed E-state index contributed by atoms with van der Waals surface area (Å²) < 4.78 is 1.78. The van der Waals surface area contributed by atoms with E-state index >= 15 is 0 Å². The minimum absolute atomic E-state index is 0.0253. The van der Waals surface area contributed by atoms with Crippen LogP contribution in [0.3, 0.4) is 0 Å². The normalized spacial score (nSPS) is 14.0. The van der Waals surface area contributed by atoms with Crippen LogP contribution in [0.5, 0.6) is 0 Å². The van der Waals surface area contributed by atoms with E-state index < -0.39 is 0 Å². The van der Waals surface area contributed by atoms with Gasteiger partial charge in [-0.1, -0.05) is 50.6 Å². The topological polar surface area (TPSA) is 105 Å². The summed E-state index contributed by atoms with van der Waals surface area (Å²) in [6.45, 7) is 9.75. The van der Waals surface area contributed by atoms with Gasteiger partial charge in [0.05, 0.1) is 16.9 Å². The van der Waals surface area contributed by atoms with Crippen molar-refractivity contribution in [1.29, 1.82) is 0 Å². The highest BCUT2D eigenvalue weighted by Gasteiger charge is 2.25. The van der Waals surface area contributed by atoms with Crippen LogP contribution in [0.15, 0.2) is 85.2 Å². The van der Waals surface area contributed by atoms with Gasteiger partial charge in [0.2, 0.25) is 0 Å². The lowest BCUT2D eigenvalue weighted by molar-refractivity contribution is 0.0685. The molecule has 2 aromatic carbocycles. The Hall–Kier alpha value is -5.05. The molecule has 5 aromatic rings. The smallest absolute Gasteiger partial charge is 0.324 e. The number of pyridine rings is 2. The number of benzene rings is 2. The van der Waals surface area contributed by atoms with Crippen LogP contribution in [0.4, 0.5) is 16.3 Å². The van der Waals surface area contributed by atoms with Crippen LogP contribution in [-0.2, 0) is 11.8 Å². The van der Waals surface area contributed by atoms with Crippen molar-refractivity contribution in [2.75, 3.05) is 23.7 Å². The van der Waals surface area contributed by atoms with E-state index in [0.29, 0.717) is 30.5 Å². The predicted octanol–water partition coefficient (Wildman–Crippen LogP) is 7.16. The van der Waals surface area contributed by atoms with Gasteiger partial charge in [-0.3, -0.25) is 15.1 Å². The van der Waals surface area contributed by atoms with Crippen LogP contribution in [0, 0.1) is 12.8 Å². The standard InChI is InChI=1S/C36H39N7O2/c1-24-8-11-29(12-9-24)43-33(22-32(41-43)36(2,3)4)40-35(45)38-28-7-5-6-26(21-28)20-25-15-18-42(19-16-25)34(44)31-13-10-27-23-37-17-14-30(27)39-31/h5-14,17,21-23,25H,15-16,18-20H2,1-4H3,(H2,38,40,45). The molecule has 0 unspecified atom stereocenters. The van der Waals surface area contributed by atoms with Crippen molar-refractivity contribution in [2.45, 2.75) is 52.4 Å². The number of fused-ring (bicyclic) bond motifs is 1. The maximum atomic E-state index is 13.2. The van der Waals surface area contributed by atoms with E-state index in [1.807, 2.05) is 72.5 Å². The third kappa shape index (κ3) is 7.03. The number of nitrogens with one attached hydrogen (secondary N) is 2. The molecule has 1 saturated heterocycles. The molecule has 0 aliphatic carbocycles. The molecule has 45 heavy (non-hydrogen) atoms. The Balaban J connectivity index is 1.06. The second-order valence-electron chi connectivity index (χ2n) is 12.9. The van der Waals surface area contributed by atoms with Gasteiger partial charge >= 0.3 is 6.03 Å². The summed E-state index contributed by atoms with van der Waals surface area (Å²) in [5.41, 5.74) is 5.89. The van der Waals surface area contributed by atoms with Crippen molar-refractivity contribution in [1.82, 2.24) is 24.6 Å². The number of rotatable bonds is 6. The fourth-order valence-electron chi connectivity index (χ4n) is 5.69. The summed E-state index contributed by atoms with van der Waals surface area (Å²) in [6, 6.07) is 23.2. The number of nitrogens with zero attached hydrogens (tertiary/aromatic N) is 5. The molecular formula is C36H39N7O2. The Morgan fingerprint density at radius 1 is 0.933 bits per heavy atom. The van der Waals surface area contributed by atoms with Gasteiger partial charge in [-0.25, -0.2) is 14.5 Å². The average Bonchev–Trinajstić information content (AvgIpc) is 3.45. The SMILES string of the molecule is Cc1ccc(-n2nc(C(C)(C)C)cc2NC(=O)Nc2cccc(CC3CCN(C(=O)c4ccc5cnccc5n4)CC3)c2)cc1. The fourth-order valence-corrected chi connectivity index (χ4v) is 5.69. The molecule has 0 bridgehead atoms. The largest absolute Gasteiger partial charge is 0.337 e. The fraction of sp³-hybridized carbons (Fsp3) is 0.306. The van der Waals surface area contributed by atoms with E-state index in [2.05, 4.69) is 47.4 Å². The van der Waals surface area contributed by atoms with Crippen LogP contribution in [0.25, 0.3) is 16.6 Å². The first-order valence-electron chi connectivity index (χ1n) is 15.5. The van der Waals surface area contributed by atoms with Crippen LogP contribution in [0.2, 0.25) is 0 Å². The first-order chi connectivity index (χ1) is 21.6. The van der Waals surface area contributed by atoms with E-state index in [1.165, 1.54) is 0 Å². The van der Waals surface area contributed by atoms with Crippen LogP contribution in [-0.4, -0.2) is 49.7 Å². The molecule has 6 rings (SSSR count). The lowest BCUT2D eigenvalue weighted by atomic mass is 9.90. The van der Waals surface area contributed by atoms with Gasteiger partial charge in [-0.05, 0) is 80.1 Å². The highest BCUT2D eigenvalue weighted by Crippen LogP contribution is 2.28. The molecule has 4 heterocycles. The molecule has 0 atom stereocenters. The van der Waals surface area contributed by atoms with Crippen molar-refractivity contribution in [3.05, 3.63) is 108 Å². The highest BCUT2D eigenvalue weighted by molar-refractivity contribution is 5.99. The number of carbonyl (C=O) groups excluding carboxylic acids is 2. The zero-order valence-electron chi connectivity index (χ0n) is 26.2. The van der Waals surface area contributed by atoms with Crippen molar-refractivity contribution in [3.8, 4) is 5.69 Å². The molecule has 0 saturated carbocycles. The molecule has 2 N–H and O–H groups in total. The Bertz CT molecular complexity index is 1830. The number of anilines is 2. The maximum Gasteiger partial charge on any atom is 0.324 e. The Labute approximate surface area is 263 Å². The van der Waals surface area contributed by atoms with Crippen LogP contribution < -0.4 is 10.6 Å². The molecule has 1 aliphatic heterocycles.